The summed E-state index contributed by atoms with van der Waals surface area (Å²) in [4.78, 5) is 4.82. The monoisotopic (exact) mass is 503 g/mol. The van der Waals surface area contributed by atoms with Crippen LogP contribution in [0.5, 0.6) is 11.5 Å². The molecule has 0 unspecified atom stereocenters. The zero-order valence-electron chi connectivity index (χ0n) is 20.7. The van der Waals surface area contributed by atoms with E-state index in [1.807, 2.05) is 54.6 Å². The number of para-hydroxylation sites is 2. The number of phenols is 1. The Kier molecular flexibility index (Phi) is 7.89. The number of aliphatic hydroxyl groups is 2. The number of aliphatic hydroxyl groups excluding tert-OH is 2. The maximum atomic E-state index is 9.97. The van der Waals surface area contributed by atoms with E-state index in [1.165, 1.54) is 0 Å². The summed E-state index contributed by atoms with van der Waals surface area (Å²) in [5, 5.41) is 32.1. The highest BCUT2D eigenvalue weighted by atomic mass is 16.5. The van der Waals surface area contributed by atoms with Crippen molar-refractivity contribution >= 4 is 17.0 Å². The topological polar surface area (TPSA) is 109 Å². The van der Waals surface area contributed by atoms with Crippen molar-refractivity contribution < 1.29 is 24.8 Å². The minimum Gasteiger partial charge on any atom is -0.508 e. The van der Waals surface area contributed by atoms with E-state index < -0.39 is 0 Å². The molecule has 1 saturated heterocycles. The number of unbranched alkanes of at least 4 members (excludes halogenated alkanes) is 1. The molecule has 2 atom stereocenters. The zero-order valence-corrected chi connectivity index (χ0v) is 20.7. The van der Waals surface area contributed by atoms with Gasteiger partial charge in [-0.2, -0.15) is 0 Å². The minimum absolute atomic E-state index is 0.0124. The SMILES string of the molecule is OCCCCOc1cc(CNc2nc3ccccc3n2[C@H]2CC[C@@H](CO)O2)ccc1-c1cccc(O)c1. The van der Waals surface area contributed by atoms with Crippen LogP contribution in [-0.2, 0) is 11.3 Å². The number of nitrogens with zero attached hydrogens (tertiary/aromatic N) is 2. The van der Waals surface area contributed by atoms with Crippen molar-refractivity contribution in [3.05, 3.63) is 72.3 Å². The molecular weight excluding hydrogens is 470 g/mol. The third-order valence-electron chi connectivity index (χ3n) is 6.64. The summed E-state index contributed by atoms with van der Waals surface area (Å²) in [5.41, 5.74) is 4.65. The third-order valence-corrected chi connectivity index (χ3v) is 6.64. The van der Waals surface area contributed by atoms with Crippen molar-refractivity contribution in [3.63, 3.8) is 0 Å². The van der Waals surface area contributed by atoms with E-state index in [0.29, 0.717) is 25.5 Å². The van der Waals surface area contributed by atoms with E-state index in [4.69, 9.17) is 19.6 Å². The van der Waals surface area contributed by atoms with Crippen molar-refractivity contribution in [2.75, 3.05) is 25.1 Å². The molecule has 8 heteroatoms. The van der Waals surface area contributed by atoms with Gasteiger partial charge in [0.2, 0.25) is 5.95 Å². The Bertz CT molecular complexity index is 1340. The molecule has 0 amide bonds. The number of aromatic nitrogens is 2. The second kappa shape index (κ2) is 11.6. The van der Waals surface area contributed by atoms with Gasteiger partial charge in [0.25, 0.3) is 0 Å². The number of ether oxygens (including phenoxy) is 2. The quantitative estimate of drug-likeness (QED) is 0.217. The number of rotatable bonds is 11. The highest BCUT2D eigenvalue weighted by Crippen LogP contribution is 2.35. The van der Waals surface area contributed by atoms with Crippen LogP contribution < -0.4 is 10.1 Å². The molecule has 3 aromatic carbocycles. The fourth-order valence-corrected chi connectivity index (χ4v) is 4.76. The third kappa shape index (κ3) is 5.72. The van der Waals surface area contributed by atoms with Gasteiger partial charge in [0.15, 0.2) is 0 Å². The Morgan fingerprint density at radius 2 is 1.89 bits per heavy atom. The van der Waals surface area contributed by atoms with Gasteiger partial charge in [-0.05, 0) is 67.1 Å². The maximum absolute atomic E-state index is 9.97. The van der Waals surface area contributed by atoms with E-state index in [0.717, 1.165) is 52.7 Å². The molecule has 1 aliphatic rings. The van der Waals surface area contributed by atoms with Gasteiger partial charge in [-0.1, -0.05) is 36.4 Å². The maximum Gasteiger partial charge on any atom is 0.206 e. The molecule has 2 heterocycles. The first kappa shape index (κ1) is 25.1. The molecule has 1 aromatic heterocycles. The molecule has 194 valence electrons. The van der Waals surface area contributed by atoms with E-state index in [9.17, 15) is 10.2 Å². The number of hydrogen-bond donors (Lipinski definition) is 4. The Morgan fingerprint density at radius 1 is 1.00 bits per heavy atom. The second-order valence-electron chi connectivity index (χ2n) is 9.28. The number of hydrogen-bond acceptors (Lipinski definition) is 7. The molecule has 1 aliphatic heterocycles. The standard InChI is InChI=1S/C29H33N3O5/c33-14-3-4-15-36-27-16-20(10-12-24(27)21-6-5-7-22(35)17-21)18-30-29-31-25-8-1-2-9-26(25)32(29)28-13-11-23(19-34)37-28/h1-2,5-10,12,16-17,23,28,33-35H,3-4,11,13-15,18-19H2,(H,30,31)/t23-,28+/m0/s1. The van der Waals surface area contributed by atoms with Gasteiger partial charge in [-0.25, -0.2) is 4.98 Å². The molecule has 4 aromatic rings. The summed E-state index contributed by atoms with van der Waals surface area (Å²) in [6.45, 7) is 1.16. The van der Waals surface area contributed by atoms with Crippen LogP contribution in [0.3, 0.4) is 0 Å². The van der Waals surface area contributed by atoms with Crippen LogP contribution in [0.15, 0.2) is 66.7 Å². The zero-order chi connectivity index (χ0) is 25.6. The molecule has 1 fully saturated rings. The van der Waals surface area contributed by atoms with Crippen LogP contribution in [0.25, 0.3) is 22.2 Å². The molecule has 0 bridgehead atoms. The van der Waals surface area contributed by atoms with E-state index >= 15 is 0 Å². The second-order valence-corrected chi connectivity index (χ2v) is 9.28. The van der Waals surface area contributed by atoms with Crippen molar-refractivity contribution in [2.24, 2.45) is 0 Å². The summed E-state index contributed by atoms with van der Waals surface area (Å²) >= 11 is 0. The fourth-order valence-electron chi connectivity index (χ4n) is 4.76. The fraction of sp³-hybridized carbons (Fsp3) is 0.345. The Labute approximate surface area is 216 Å². The van der Waals surface area contributed by atoms with Crippen LogP contribution in [0.4, 0.5) is 5.95 Å². The van der Waals surface area contributed by atoms with Crippen LogP contribution in [0, 0.1) is 0 Å². The Morgan fingerprint density at radius 3 is 2.70 bits per heavy atom. The largest absolute Gasteiger partial charge is 0.508 e. The first-order valence-electron chi connectivity index (χ1n) is 12.8. The molecule has 0 aliphatic carbocycles. The summed E-state index contributed by atoms with van der Waals surface area (Å²) in [6, 6.07) is 21.1. The summed E-state index contributed by atoms with van der Waals surface area (Å²) < 4.78 is 14.3. The lowest BCUT2D eigenvalue weighted by Crippen LogP contribution is -2.16. The van der Waals surface area contributed by atoms with Crippen LogP contribution in [0.2, 0.25) is 0 Å². The number of nitrogens with one attached hydrogen (secondary N) is 1. The smallest absolute Gasteiger partial charge is 0.206 e. The highest BCUT2D eigenvalue weighted by molar-refractivity contribution is 5.79. The number of phenolic OH excluding ortho intramolecular Hbond substituents is 1. The van der Waals surface area contributed by atoms with Crippen LogP contribution >= 0.6 is 0 Å². The first-order valence-corrected chi connectivity index (χ1v) is 12.8. The normalized spacial score (nSPS) is 17.4. The van der Waals surface area contributed by atoms with Gasteiger partial charge in [-0.3, -0.25) is 4.57 Å². The molecule has 0 radical (unpaired) electrons. The number of imidazole rings is 1. The molecule has 37 heavy (non-hydrogen) atoms. The van der Waals surface area contributed by atoms with Gasteiger partial charge < -0.3 is 30.1 Å². The van der Waals surface area contributed by atoms with Crippen molar-refractivity contribution in [1.82, 2.24) is 9.55 Å². The molecule has 0 spiro atoms. The molecule has 4 N–H and O–H groups in total. The van der Waals surface area contributed by atoms with Crippen LogP contribution in [-0.4, -0.2) is 50.8 Å². The van der Waals surface area contributed by atoms with Crippen molar-refractivity contribution in [2.45, 2.75) is 44.6 Å². The lowest BCUT2D eigenvalue weighted by Gasteiger charge is -2.18. The Balaban J connectivity index is 1.40. The van der Waals surface area contributed by atoms with E-state index in [-0.39, 0.29) is 31.3 Å². The summed E-state index contributed by atoms with van der Waals surface area (Å²) in [7, 11) is 0. The average molecular weight is 504 g/mol. The Hall–Kier alpha value is -3.59. The lowest BCUT2D eigenvalue weighted by molar-refractivity contribution is -0.0195. The average Bonchev–Trinajstić information content (AvgIpc) is 3.54. The van der Waals surface area contributed by atoms with Gasteiger partial charge in [0.05, 0.1) is 30.4 Å². The number of benzene rings is 3. The molecular formula is C29H33N3O5. The minimum atomic E-state index is -0.189. The van der Waals surface area contributed by atoms with Gasteiger partial charge in [0.1, 0.15) is 17.7 Å². The lowest BCUT2D eigenvalue weighted by atomic mass is 10.0. The molecule has 5 rings (SSSR count). The number of anilines is 1. The van der Waals surface area contributed by atoms with Gasteiger partial charge in [-0.15, -0.1) is 0 Å². The first-order chi connectivity index (χ1) is 18.2. The van der Waals surface area contributed by atoms with Gasteiger partial charge in [0, 0.05) is 18.7 Å². The van der Waals surface area contributed by atoms with Crippen molar-refractivity contribution in [1.29, 1.82) is 0 Å². The summed E-state index contributed by atoms with van der Waals surface area (Å²) in [6.07, 6.45) is 2.70. The van der Waals surface area contributed by atoms with E-state index in [2.05, 4.69) is 9.88 Å². The van der Waals surface area contributed by atoms with Crippen molar-refractivity contribution in [3.8, 4) is 22.6 Å². The summed E-state index contributed by atoms with van der Waals surface area (Å²) in [5.74, 6) is 1.64. The van der Waals surface area contributed by atoms with Gasteiger partial charge >= 0.3 is 0 Å². The highest BCUT2D eigenvalue weighted by Gasteiger charge is 2.29. The number of aromatic hydroxyl groups is 1. The molecule has 8 nitrogen and oxygen atoms in total. The number of fused-ring (bicyclic) bond motifs is 1. The van der Waals surface area contributed by atoms with Crippen LogP contribution in [0.1, 0.15) is 37.5 Å². The molecule has 0 saturated carbocycles. The predicted octanol–water partition coefficient (Wildman–Crippen LogP) is 4.84. The predicted molar refractivity (Wildman–Crippen MR) is 143 cm³/mol. The van der Waals surface area contributed by atoms with E-state index in [1.54, 1.807) is 12.1 Å².